The lowest BCUT2D eigenvalue weighted by Gasteiger charge is -2.26. The lowest BCUT2D eigenvalue weighted by Crippen LogP contribution is -2.09. The predicted molar refractivity (Wildman–Crippen MR) is 314 cm³/mol. The molecule has 13 aromatic rings. The van der Waals surface area contributed by atoms with Crippen LogP contribution >= 0.6 is 0 Å². The standard InChI is InChI=1S/C70H48N6/c1-47-31-36-66-60(41-47)61-42-48(2)32-37-67(61)76(66)70-59(57-29-17-15-19-49(57)45-71)35-40-68(69(70)58-30-18-16-20-50(58)46-72)75-64-38-33-55(73(51-21-7-3-8-22-51)52-23-9-4-10-24-52)43-62(64)63-44-56(34-39-65(63)75)74(53-25-11-5-12-26-53)54-27-13-6-14-28-54/h3-44H,1-2H3. The number of para-hydroxylation sites is 4. The minimum absolute atomic E-state index is 0.538. The Bertz CT molecular complexity index is 4170. The highest BCUT2D eigenvalue weighted by molar-refractivity contribution is 6.15. The largest absolute Gasteiger partial charge is 0.310 e. The molecular weight excluding hydrogens is 925 g/mol. The van der Waals surface area contributed by atoms with Crippen molar-refractivity contribution < 1.29 is 0 Å². The van der Waals surface area contributed by atoms with Gasteiger partial charge >= 0.3 is 0 Å². The maximum atomic E-state index is 11.2. The van der Waals surface area contributed by atoms with E-state index < -0.39 is 0 Å². The molecule has 13 rings (SSSR count). The second-order valence-corrected chi connectivity index (χ2v) is 19.3. The molecule has 0 amide bonds. The van der Waals surface area contributed by atoms with Crippen LogP contribution in [0.4, 0.5) is 34.1 Å². The van der Waals surface area contributed by atoms with Crippen LogP contribution in [0.3, 0.4) is 0 Å². The molecule has 0 saturated heterocycles. The summed E-state index contributed by atoms with van der Waals surface area (Å²) in [7, 11) is 0. The molecule has 0 bridgehead atoms. The molecule has 0 aliphatic rings. The SMILES string of the molecule is Cc1ccc2c(c1)c1cc(C)ccc1n2-c1c(-c2ccccc2C#N)ccc(-n2c3ccc(N(c4ccccc4)c4ccccc4)cc3c3cc(N(c4ccccc4)c4ccccc4)ccc32)c1-c1ccccc1C#N. The van der Waals surface area contributed by atoms with Gasteiger partial charge in [-0.1, -0.05) is 139 Å². The maximum Gasteiger partial charge on any atom is 0.0998 e. The number of anilines is 6. The van der Waals surface area contributed by atoms with Crippen molar-refractivity contribution in [3.8, 4) is 45.8 Å². The van der Waals surface area contributed by atoms with Crippen molar-refractivity contribution in [2.24, 2.45) is 0 Å². The second-order valence-electron chi connectivity index (χ2n) is 19.3. The highest BCUT2D eigenvalue weighted by Gasteiger charge is 2.28. The molecule has 358 valence electrons. The first-order valence-electron chi connectivity index (χ1n) is 25.5. The number of nitrogens with zero attached hydrogens (tertiary/aromatic N) is 6. The topological polar surface area (TPSA) is 63.9 Å². The number of rotatable bonds is 10. The smallest absolute Gasteiger partial charge is 0.0998 e. The molecule has 0 aliphatic carbocycles. The fraction of sp³-hybridized carbons (Fsp3) is 0.0286. The van der Waals surface area contributed by atoms with Gasteiger partial charge in [0.15, 0.2) is 0 Å². The van der Waals surface area contributed by atoms with E-state index in [4.69, 9.17) is 0 Å². The van der Waals surface area contributed by atoms with Crippen molar-refractivity contribution in [1.82, 2.24) is 9.13 Å². The Labute approximate surface area is 441 Å². The van der Waals surface area contributed by atoms with Crippen LogP contribution < -0.4 is 9.80 Å². The van der Waals surface area contributed by atoms with E-state index in [0.717, 1.165) is 122 Å². The summed E-state index contributed by atoms with van der Waals surface area (Å²) in [6.45, 7) is 4.28. The molecule has 6 heteroatoms. The number of aryl methyl sites for hydroxylation is 2. The van der Waals surface area contributed by atoms with E-state index in [0.29, 0.717) is 11.1 Å². The quantitative estimate of drug-likeness (QED) is 0.137. The average Bonchev–Trinajstić information content (AvgIpc) is 3.98. The maximum absolute atomic E-state index is 11.2. The lowest BCUT2D eigenvalue weighted by molar-refractivity contribution is 1.14. The van der Waals surface area contributed by atoms with Gasteiger partial charge in [-0.15, -0.1) is 0 Å². The van der Waals surface area contributed by atoms with Gasteiger partial charge < -0.3 is 18.9 Å². The summed E-state index contributed by atoms with van der Waals surface area (Å²) >= 11 is 0. The Morgan fingerprint density at radius 2 is 0.684 bits per heavy atom. The van der Waals surface area contributed by atoms with Crippen molar-refractivity contribution in [2.45, 2.75) is 13.8 Å². The third kappa shape index (κ3) is 7.64. The summed E-state index contributed by atoms with van der Waals surface area (Å²) in [6.07, 6.45) is 0. The fourth-order valence-electron chi connectivity index (χ4n) is 11.3. The molecule has 2 heterocycles. The monoisotopic (exact) mass is 972 g/mol. The molecule has 6 nitrogen and oxygen atoms in total. The third-order valence-corrected chi connectivity index (χ3v) is 14.7. The van der Waals surface area contributed by atoms with E-state index in [1.54, 1.807) is 0 Å². The van der Waals surface area contributed by atoms with Gasteiger partial charge in [-0.05, 0) is 141 Å². The third-order valence-electron chi connectivity index (χ3n) is 14.7. The van der Waals surface area contributed by atoms with Crippen LogP contribution in [0.15, 0.2) is 255 Å². The van der Waals surface area contributed by atoms with Crippen LogP contribution in [0.25, 0.3) is 77.2 Å². The first-order chi connectivity index (χ1) is 37.5. The van der Waals surface area contributed by atoms with Crippen molar-refractivity contribution in [3.63, 3.8) is 0 Å². The number of hydrogen-bond acceptors (Lipinski definition) is 4. The van der Waals surface area contributed by atoms with Crippen LogP contribution in [0.1, 0.15) is 22.3 Å². The van der Waals surface area contributed by atoms with Crippen molar-refractivity contribution in [3.05, 3.63) is 277 Å². The number of aromatic nitrogens is 2. The van der Waals surface area contributed by atoms with Gasteiger partial charge in [0.2, 0.25) is 0 Å². The molecule has 2 aromatic heterocycles. The molecule has 76 heavy (non-hydrogen) atoms. The van der Waals surface area contributed by atoms with Crippen LogP contribution in [0, 0.1) is 36.5 Å². The zero-order chi connectivity index (χ0) is 51.3. The van der Waals surface area contributed by atoms with Gasteiger partial charge in [0, 0.05) is 77.9 Å². The van der Waals surface area contributed by atoms with Gasteiger partial charge in [0.05, 0.1) is 56.7 Å². The molecule has 0 atom stereocenters. The number of hydrogen-bond donors (Lipinski definition) is 0. The van der Waals surface area contributed by atoms with Crippen molar-refractivity contribution >= 4 is 77.7 Å². The minimum atomic E-state index is 0.538. The van der Waals surface area contributed by atoms with E-state index >= 15 is 0 Å². The Kier molecular flexibility index (Phi) is 11.3. The highest BCUT2D eigenvalue weighted by Crippen LogP contribution is 2.49. The Balaban J connectivity index is 1.20. The summed E-state index contributed by atoms with van der Waals surface area (Å²) in [5.41, 5.74) is 18.7. The van der Waals surface area contributed by atoms with E-state index in [-0.39, 0.29) is 0 Å². The van der Waals surface area contributed by atoms with E-state index in [1.807, 2.05) is 42.5 Å². The van der Waals surface area contributed by atoms with Crippen molar-refractivity contribution in [2.75, 3.05) is 9.80 Å². The predicted octanol–water partition coefficient (Wildman–Crippen LogP) is 18.5. The zero-order valence-corrected chi connectivity index (χ0v) is 41.9. The van der Waals surface area contributed by atoms with Crippen LogP contribution in [-0.4, -0.2) is 9.13 Å². The van der Waals surface area contributed by atoms with E-state index in [9.17, 15) is 10.5 Å². The summed E-state index contributed by atoms with van der Waals surface area (Å²) in [5, 5.41) is 26.3. The molecule has 0 aliphatic heterocycles. The first-order valence-corrected chi connectivity index (χ1v) is 25.5. The molecule has 11 aromatic carbocycles. The summed E-state index contributed by atoms with van der Waals surface area (Å²) in [4.78, 5) is 4.62. The van der Waals surface area contributed by atoms with Crippen molar-refractivity contribution in [1.29, 1.82) is 10.5 Å². The van der Waals surface area contributed by atoms with Crippen LogP contribution in [-0.2, 0) is 0 Å². The average molecular weight is 973 g/mol. The number of fused-ring (bicyclic) bond motifs is 6. The highest BCUT2D eigenvalue weighted by atomic mass is 15.2. The molecule has 0 fully saturated rings. The minimum Gasteiger partial charge on any atom is -0.310 e. The van der Waals surface area contributed by atoms with E-state index in [2.05, 4.69) is 257 Å². The molecule has 0 N–H and O–H groups in total. The van der Waals surface area contributed by atoms with Gasteiger partial charge in [0.1, 0.15) is 0 Å². The molecule has 0 unspecified atom stereocenters. The van der Waals surface area contributed by atoms with Gasteiger partial charge in [-0.3, -0.25) is 0 Å². The molecule has 0 radical (unpaired) electrons. The van der Waals surface area contributed by atoms with E-state index in [1.165, 1.54) is 0 Å². The number of nitriles is 2. The molecule has 0 saturated carbocycles. The summed E-state index contributed by atoms with van der Waals surface area (Å²) in [6, 6.07) is 94.3. The first kappa shape index (κ1) is 45.5. The van der Waals surface area contributed by atoms with Crippen LogP contribution in [0.5, 0.6) is 0 Å². The summed E-state index contributed by atoms with van der Waals surface area (Å²) in [5.74, 6) is 0. The van der Waals surface area contributed by atoms with Crippen LogP contribution in [0.2, 0.25) is 0 Å². The van der Waals surface area contributed by atoms with Gasteiger partial charge in [-0.2, -0.15) is 10.5 Å². The Morgan fingerprint density at radius 3 is 1.13 bits per heavy atom. The summed E-state index contributed by atoms with van der Waals surface area (Å²) < 4.78 is 4.76. The Hall–Kier alpha value is -10.4. The number of benzene rings is 11. The zero-order valence-electron chi connectivity index (χ0n) is 41.9. The normalized spacial score (nSPS) is 11.3. The van der Waals surface area contributed by atoms with Gasteiger partial charge in [0.25, 0.3) is 0 Å². The Morgan fingerprint density at radius 1 is 0.316 bits per heavy atom. The second kappa shape index (κ2) is 18.9. The van der Waals surface area contributed by atoms with Gasteiger partial charge in [-0.25, -0.2) is 0 Å². The molecule has 0 spiro atoms. The molecular formula is C70H48N6. The fourth-order valence-corrected chi connectivity index (χ4v) is 11.3. The lowest BCUT2D eigenvalue weighted by atomic mass is 9.90.